The first-order valence-corrected chi connectivity index (χ1v) is 12.7. The first-order chi connectivity index (χ1) is 18.5. The van der Waals surface area contributed by atoms with Crippen LogP contribution in [0.15, 0.2) is 23.0 Å². The van der Waals surface area contributed by atoms with Crippen LogP contribution >= 0.6 is 24.8 Å². The van der Waals surface area contributed by atoms with Gasteiger partial charge < -0.3 is 41.3 Å². The molecule has 4 atom stereocenters. The maximum absolute atomic E-state index is 14.0. The Balaban J connectivity index is 0.00000308. The molecule has 7 N–H and O–H groups in total. The SMILES string of the molecule is CN(C)CC(=O)Nc1cc(N(C)C)c2c(c1O)C(O)=C1C(=O)[C@]3(O)C(O)=C(C(N)=O)C(=O)[C@@H](N(C)C)C3CC1C2.Cl.Cl. The first-order valence-electron chi connectivity index (χ1n) is 12.7. The number of hydrogen-bond acceptors (Lipinski definition) is 11. The summed E-state index contributed by atoms with van der Waals surface area (Å²) in [6, 6.07) is 0.412. The number of benzene rings is 1. The molecular weight excluding hydrogens is 593 g/mol. The van der Waals surface area contributed by atoms with Gasteiger partial charge in [0.2, 0.25) is 11.7 Å². The topological polar surface area (TPSA) is 197 Å². The number of carbonyl (C=O) groups excluding carboxylic acids is 4. The standard InChI is InChI=1S/C27H35N5O8.2ClH/c1-30(2)10-16(33)29-14-9-15(31(3)4)12-7-11-8-13-20(32(5)6)23(36)19(26(28)39)25(38)27(13,40)24(37)17(11)22(35)18(12)21(14)34;;/h9,11,13,20,34-35,38,40H,7-8,10H2,1-6H3,(H2,28,39)(H,29,33);2*1H/t11?,13?,20-,27-;;/m0../s1. The number of fused-ring (bicyclic) bond motifs is 3. The van der Waals surface area contributed by atoms with Crippen LogP contribution in [0.3, 0.4) is 0 Å². The third-order valence-electron chi connectivity index (χ3n) is 7.91. The van der Waals surface area contributed by atoms with E-state index in [2.05, 4.69) is 5.32 Å². The Labute approximate surface area is 255 Å². The van der Waals surface area contributed by atoms with Crippen molar-refractivity contribution in [3.05, 3.63) is 34.1 Å². The number of halogens is 2. The first kappa shape index (κ1) is 34.8. The van der Waals surface area contributed by atoms with Gasteiger partial charge in [-0.05, 0) is 58.6 Å². The van der Waals surface area contributed by atoms with E-state index in [4.69, 9.17) is 5.73 Å². The van der Waals surface area contributed by atoms with Crippen LogP contribution in [0.25, 0.3) is 5.76 Å². The predicted molar refractivity (Wildman–Crippen MR) is 160 cm³/mol. The summed E-state index contributed by atoms with van der Waals surface area (Å²) < 4.78 is 0. The van der Waals surface area contributed by atoms with Crippen LogP contribution in [0.5, 0.6) is 5.75 Å². The third-order valence-corrected chi connectivity index (χ3v) is 7.91. The molecule has 0 bridgehead atoms. The summed E-state index contributed by atoms with van der Waals surface area (Å²) in [5.74, 6) is -7.73. The normalized spacial score (nSPS) is 24.8. The van der Waals surface area contributed by atoms with E-state index < -0.39 is 69.7 Å². The second kappa shape index (κ2) is 12.1. The molecule has 3 aliphatic carbocycles. The summed E-state index contributed by atoms with van der Waals surface area (Å²) in [6.45, 7) is 0.0233. The van der Waals surface area contributed by atoms with Crippen LogP contribution in [0.2, 0.25) is 0 Å². The van der Waals surface area contributed by atoms with Gasteiger partial charge in [0.05, 0.1) is 23.8 Å². The lowest BCUT2D eigenvalue weighted by molar-refractivity contribution is -0.153. The number of phenolic OH excluding ortho intramolecular Hbond substituents is 1. The fraction of sp³-hybridized carbons (Fsp3) is 0.481. The van der Waals surface area contributed by atoms with E-state index in [1.54, 1.807) is 58.2 Å². The number of Topliss-reactive ketones (excluding diaryl/α,β-unsaturated/α-hetero) is 2. The lowest BCUT2D eigenvalue weighted by Crippen LogP contribution is -2.65. The number of carbonyl (C=O) groups is 4. The molecule has 1 fully saturated rings. The number of nitrogens with two attached hydrogens (primary N) is 1. The van der Waals surface area contributed by atoms with Gasteiger partial charge in [0.15, 0.2) is 11.4 Å². The fourth-order valence-electron chi connectivity index (χ4n) is 6.26. The van der Waals surface area contributed by atoms with E-state index in [0.717, 1.165) is 0 Å². The predicted octanol–water partition coefficient (Wildman–Crippen LogP) is 0.374. The summed E-state index contributed by atoms with van der Waals surface area (Å²) in [7, 11) is 9.98. The third kappa shape index (κ3) is 5.20. The highest BCUT2D eigenvalue weighted by Crippen LogP contribution is 2.54. The van der Waals surface area contributed by atoms with Crippen molar-refractivity contribution in [1.82, 2.24) is 9.80 Å². The average Bonchev–Trinajstić information content (AvgIpc) is 2.81. The van der Waals surface area contributed by atoms with Crippen molar-refractivity contribution >= 4 is 65.3 Å². The highest BCUT2D eigenvalue weighted by Gasteiger charge is 2.64. The van der Waals surface area contributed by atoms with Crippen molar-refractivity contribution in [2.75, 3.05) is 59.0 Å². The molecular formula is C27H37Cl2N5O8. The summed E-state index contributed by atoms with van der Waals surface area (Å²) in [5, 5.41) is 48.0. The number of amides is 2. The van der Waals surface area contributed by atoms with Gasteiger partial charge in [-0.1, -0.05) is 0 Å². The molecule has 13 nitrogen and oxygen atoms in total. The molecule has 0 saturated heterocycles. The van der Waals surface area contributed by atoms with E-state index >= 15 is 0 Å². The molecule has 232 valence electrons. The molecule has 4 rings (SSSR count). The molecule has 0 spiro atoms. The second-order valence-corrected chi connectivity index (χ2v) is 11.3. The molecule has 0 aliphatic heterocycles. The highest BCUT2D eigenvalue weighted by molar-refractivity contribution is 6.24. The van der Waals surface area contributed by atoms with Gasteiger partial charge in [0.1, 0.15) is 22.8 Å². The smallest absolute Gasteiger partial charge is 0.255 e. The minimum absolute atomic E-state index is 0. The average molecular weight is 631 g/mol. The van der Waals surface area contributed by atoms with Gasteiger partial charge in [0, 0.05) is 31.3 Å². The Morgan fingerprint density at radius 2 is 1.67 bits per heavy atom. The van der Waals surface area contributed by atoms with Crippen LogP contribution in [0.1, 0.15) is 17.5 Å². The summed E-state index contributed by atoms with van der Waals surface area (Å²) >= 11 is 0. The zero-order valence-electron chi connectivity index (χ0n) is 24.1. The Morgan fingerprint density at radius 1 is 1.07 bits per heavy atom. The molecule has 1 aromatic rings. The number of aliphatic hydroxyl groups excluding tert-OH is 2. The molecule has 0 heterocycles. The monoisotopic (exact) mass is 629 g/mol. The Morgan fingerprint density at radius 3 is 2.17 bits per heavy atom. The van der Waals surface area contributed by atoms with Crippen LogP contribution in [-0.2, 0) is 25.6 Å². The number of nitrogens with one attached hydrogen (secondary N) is 1. The van der Waals surface area contributed by atoms with Gasteiger partial charge in [0.25, 0.3) is 5.91 Å². The maximum atomic E-state index is 14.0. The number of rotatable bonds is 6. The number of aromatic hydroxyl groups is 1. The van der Waals surface area contributed by atoms with E-state index in [-0.39, 0.29) is 61.0 Å². The number of likely N-dealkylation sites (N-methyl/N-ethyl adjacent to an activating group) is 2. The fourth-order valence-corrected chi connectivity index (χ4v) is 6.26. The minimum Gasteiger partial charge on any atom is -0.508 e. The van der Waals surface area contributed by atoms with E-state index in [0.29, 0.717) is 11.3 Å². The lowest BCUT2D eigenvalue weighted by Gasteiger charge is -2.50. The van der Waals surface area contributed by atoms with E-state index in [9.17, 15) is 39.6 Å². The van der Waals surface area contributed by atoms with Crippen molar-refractivity contribution < 1.29 is 39.6 Å². The van der Waals surface area contributed by atoms with Crippen molar-refractivity contribution in [3.63, 3.8) is 0 Å². The van der Waals surface area contributed by atoms with Gasteiger partial charge in [-0.2, -0.15) is 0 Å². The van der Waals surface area contributed by atoms with Gasteiger partial charge in [-0.25, -0.2) is 0 Å². The number of primary amides is 1. The van der Waals surface area contributed by atoms with Crippen molar-refractivity contribution in [3.8, 4) is 5.75 Å². The van der Waals surface area contributed by atoms with Gasteiger partial charge in [-0.15, -0.1) is 24.8 Å². The van der Waals surface area contributed by atoms with Crippen LogP contribution in [0, 0.1) is 11.8 Å². The second-order valence-electron chi connectivity index (χ2n) is 11.3. The highest BCUT2D eigenvalue weighted by atomic mass is 35.5. The minimum atomic E-state index is -2.72. The van der Waals surface area contributed by atoms with Gasteiger partial charge in [-0.3, -0.25) is 24.1 Å². The molecule has 0 radical (unpaired) electrons. The molecule has 3 aliphatic rings. The number of phenols is 1. The number of anilines is 2. The Kier molecular flexibility index (Phi) is 10.0. The molecule has 42 heavy (non-hydrogen) atoms. The Bertz CT molecular complexity index is 1410. The maximum Gasteiger partial charge on any atom is 0.255 e. The lowest BCUT2D eigenvalue weighted by atomic mass is 9.57. The zero-order chi connectivity index (χ0) is 30.0. The summed E-state index contributed by atoms with van der Waals surface area (Å²) in [6.07, 6.45) is 0.127. The number of hydrogen-bond donors (Lipinski definition) is 6. The molecule has 0 aromatic heterocycles. The van der Waals surface area contributed by atoms with E-state index in [1.807, 2.05) is 0 Å². The quantitative estimate of drug-likeness (QED) is 0.188. The van der Waals surface area contributed by atoms with Crippen LogP contribution in [-0.4, -0.2) is 114 Å². The molecule has 2 amide bonds. The molecule has 1 saturated carbocycles. The molecule has 2 unspecified atom stereocenters. The largest absolute Gasteiger partial charge is 0.508 e. The Hall–Kier alpha value is -3.36. The number of nitrogens with zero attached hydrogens (tertiary/aromatic N) is 3. The van der Waals surface area contributed by atoms with E-state index in [1.165, 1.54) is 4.90 Å². The molecule has 1 aromatic carbocycles. The van der Waals surface area contributed by atoms with Crippen LogP contribution < -0.4 is 16.0 Å². The van der Waals surface area contributed by atoms with Crippen LogP contribution in [0.4, 0.5) is 11.4 Å². The van der Waals surface area contributed by atoms with Gasteiger partial charge >= 0.3 is 0 Å². The molecule has 15 heteroatoms. The zero-order valence-corrected chi connectivity index (χ0v) is 25.7. The van der Waals surface area contributed by atoms with Crippen molar-refractivity contribution in [2.45, 2.75) is 24.5 Å². The van der Waals surface area contributed by atoms with Crippen molar-refractivity contribution in [1.29, 1.82) is 0 Å². The number of aliphatic hydroxyl groups is 3. The number of ketones is 2. The summed E-state index contributed by atoms with van der Waals surface area (Å²) in [4.78, 5) is 56.6. The summed E-state index contributed by atoms with van der Waals surface area (Å²) in [5.41, 5.74) is 2.48. The van der Waals surface area contributed by atoms with Crippen molar-refractivity contribution in [2.24, 2.45) is 17.6 Å².